The van der Waals surface area contributed by atoms with E-state index in [-0.39, 0.29) is 16.5 Å². The molecule has 1 heterocycles. The van der Waals surface area contributed by atoms with Crippen LogP contribution in [0.15, 0.2) is 53.4 Å². The molecule has 1 aliphatic carbocycles. The van der Waals surface area contributed by atoms with Crippen LogP contribution < -0.4 is 14.9 Å². The summed E-state index contributed by atoms with van der Waals surface area (Å²) in [7, 11) is -3.80. The molecule has 0 saturated heterocycles. The minimum absolute atomic E-state index is 0.0160. The smallest absolute Gasteiger partial charge is 0.338 e. The number of carbonyl (C=O) groups excluding carboxylic acids is 3. The normalized spacial score (nSPS) is 19.6. The average Bonchev–Trinajstić information content (AvgIpc) is 2.88. The van der Waals surface area contributed by atoms with Gasteiger partial charge >= 0.3 is 12.0 Å². The molecular formula is C26H31N3O6S. The van der Waals surface area contributed by atoms with E-state index in [2.05, 4.69) is 17.6 Å². The molecule has 0 spiro atoms. The Morgan fingerprint density at radius 3 is 2.47 bits per heavy atom. The molecule has 9 nitrogen and oxygen atoms in total. The van der Waals surface area contributed by atoms with Crippen LogP contribution >= 0.6 is 0 Å². The third-order valence-corrected chi connectivity index (χ3v) is 8.59. The van der Waals surface area contributed by atoms with Gasteiger partial charge < -0.3 is 10.1 Å². The van der Waals surface area contributed by atoms with Gasteiger partial charge in [0.1, 0.15) is 0 Å². The lowest BCUT2D eigenvalue weighted by Crippen LogP contribution is -2.48. The van der Waals surface area contributed by atoms with Crippen molar-refractivity contribution in [1.82, 2.24) is 10.6 Å². The summed E-state index contributed by atoms with van der Waals surface area (Å²) in [5.41, 5.74) is 1.74. The molecule has 0 bridgehead atoms. The standard InChI is InChI=1S/C26H31N3O6S/c1-18-7-2-4-10-22(18)27-26(32)28-24(30)17-35-25(31)20-12-14-21(15-13-20)36(33,34)29-16-6-9-19-8-3-5-11-23(19)29/h3,5,8,11-15,18,22H,2,4,6-7,9-10,16-17H2,1H3,(H2,27,28,30,32)/t18-,22+/m0/s1. The number of hydrogen-bond donors (Lipinski definition) is 2. The van der Waals surface area contributed by atoms with Crippen molar-refractivity contribution in [2.24, 2.45) is 5.92 Å². The van der Waals surface area contributed by atoms with Gasteiger partial charge in [0.2, 0.25) is 0 Å². The lowest BCUT2D eigenvalue weighted by atomic mass is 9.86. The Balaban J connectivity index is 1.31. The number of urea groups is 1. The second kappa shape index (κ2) is 11.1. The first-order valence-corrected chi connectivity index (χ1v) is 13.7. The van der Waals surface area contributed by atoms with Gasteiger partial charge in [0.05, 0.1) is 16.1 Å². The lowest BCUT2D eigenvalue weighted by Gasteiger charge is -2.30. The summed E-state index contributed by atoms with van der Waals surface area (Å²) in [4.78, 5) is 36.5. The average molecular weight is 514 g/mol. The van der Waals surface area contributed by atoms with Crippen molar-refractivity contribution in [3.05, 3.63) is 59.7 Å². The van der Waals surface area contributed by atoms with Crippen molar-refractivity contribution in [3.63, 3.8) is 0 Å². The van der Waals surface area contributed by atoms with Gasteiger partial charge in [-0.15, -0.1) is 0 Å². The number of carbonyl (C=O) groups is 3. The molecule has 2 N–H and O–H groups in total. The highest BCUT2D eigenvalue weighted by Crippen LogP contribution is 2.31. The van der Waals surface area contributed by atoms with Crippen molar-refractivity contribution >= 4 is 33.6 Å². The molecule has 36 heavy (non-hydrogen) atoms. The Morgan fingerprint density at radius 1 is 1.00 bits per heavy atom. The number of fused-ring (bicyclic) bond motifs is 1. The lowest BCUT2D eigenvalue weighted by molar-refractivity contribution is -0.123. The topological polar surface area (TPSA) is 122 Å². The summed E-state index contributed by atoms with van der Waals surface area (Å²) in [5, 5.41) is 4.98. The van der Waals surface area contributed by atoms with Crippen LogP contribution in [0.1, 0.15) is 54.9 Å². The van der Waals surface area contributed by atoms with Gasteiger partial charge in [-0.25, -0.2) is 18.0 Å². The molecule has 1 saturated carbocycles. The zero-order chi connectivity index (χ0) is 25.7. The molecule has 10 heteroatoms. The van der Waals surface area contributed by atoms with Gasteiger partial charge in [-0.05, 0) is 67.5 Å². The number of ether oxygens (including phenoxy) is 1. The second-order valence-corrected chi connectivity index (χ2v) is 11.2. The van der Waals surface area contributed by atoms with E-state index in [9.17, 15) is 22.8 Å². The summed E-state index contributed by atoms with van der Waals surface area (Å²) in [5.74, 6) is -1.19. The molecule has 0 radical (unpaired) electrons. The van der Waals surface area contributed by atoms with Crippen LogP contribution in [0.2, 0.25) is 0 Å². The molecule has 1 fully saturated rings. The van der Waals surface area contributed by atoms with Crippen LogP contribution in [-0.4, -0.2) is 45.5 Å². The zero-order valence-electron chi connectivity index (χ0n) is 20.2. The number of sulfonamides is 1. The van der Waals surface area contributed by atoms with Crippen molar-refractivity contribution in [2.75, 3.05) is 17.5 Å². The van der Waals surface area contributed by atoms with Crippen LogP contribution in [0, 0.1) is 5.92 Å². The molecule has 2 aliphatic rings. The molecule has 4 rings (SSSR count). The summed E-state index contributed by atoms with van der Waals surface area (Å²) in [6.07, 6.45) is 5.61. The number of esters is 1. The maximum Gasteiger partial charge on any atom is 0.338 e. The van der Waals surface area contributed by atoms with E-state index in [0.717, 1.165) is 44.1 Å². The van der Waals surface area contributed by atoms with E-state index in [1.54, 1.807) is 6.07 Å². The molecule has 192 valence electrons. The van der Waals surface area contributed by atoms with Gasteiger partial charge in [-0.1, -0.05) is 38.0 Å². The van der Waals surface area contributed by atoms with Gasteiger partial charge in [-0.2, -0.15) is 0 Å². The molecule has 3 amide bonds. The fourth-order valence-electron chi connectivity index (χ4n) is 4.75. The first-order valence-electron chi connectivity index (χ1n) is 12.2. The summed E-state index contributed by atoms with van der Waals surface area (Å²) in [6.45, 7) is 1.82. The monoisotopic (exact) mass is 513 g/mol. The van der Waals surface area contributed by atoms with Crippen LogP contribution in [0.3, 0.4) is 0 Å². The van der Waals surface area contributed by atoms with E-state index < -0.39 is 34.5 Å². The van der Waals surface area contributed by atoms with Crippen LogP contribution in [-0.2, 0) is 26.0 Å². The first kappa shape index (κ1) is 25.7. The fraction of sp³-hybridized carbons (Fsp3) is 0.423. The van der Waals surface area contributed by atoms with Crippen LogP contribution in [0.4, 0.5) is 10.5 Å². The number of hydrogen-bond acceptors (Lipinski definition) is 6. The quantitative estimate of drug-likeness (QED) is 0.571. The number of anilines is 1. The Hall–Kier alpha value is -3.40. The molecule has 1 aliphatic heterocycles. The van der Waals surface area contributed by atoms with Crippen molar-refractivity contribution in [3.8, 4) is 0 Å². The van der Waals surface area contributed by atoms with E-state index >= 15 is 0 Å². The highest BCUT2D eigenvalue weighted by Gasteiger charge is 2.29. The van der Waals surface area contributed by atoms with Gasteiger partial charge in [0, 0.05) is 12.6 Å². The summed E-state index contributed by atoms with van der Waals surface area (Å²) >= 11 is 0. The Labute approximate surface area is 211 Å². The number of benzene rings is 2. The third kappa shape index (κ3) is 5.87. The van der Waals surface area contributed by atoms with Crippen LogP contribution in [0.5, 0.6) is 0 Å². The highest BCUT2D eigenvalue weighted by atomic mass is 32.2. The van der Waals surface area contributed by atoms with E-state index in [1.165, 1.54) is 28.6 Å². The molecule has 0 unspecified atom stereocenters. The minimum Gasteiger partial charge on any atom is -0.452 e. The Morgan fingerprint density at radius 2 is 1.72 bits per heavy atom. The number of aryl methyl sites for hydroxylation is 1. The largest absolute Gasteiger partial charge is 0.452 e. The molecule has 0 aromatic heterocycles. The highest BCUT2D eigenvalue weighted by molar-refractivity contribution is 7.92. The fourth-order valence-corrected chi connectivity index (χ4v) is 6.29. The molecular weight excluding hydrogens is 482 g/mol. The van der Waals surface area contributed by atoms with E-state index in [4.69, 9.17) is 4.74 Å². The number of imide groups is 1. The van der Waals surface area contributed by atoms with E-state index in [0.29, 0.717) is 18.2 Å². The van der Waals surface area contributed by atoms with Gasteiger partial charge in [0.25, 0.3) is 15.9 Å². The third-order valence-electron chi connectivity index (χ3n) is 6.76. The van der Waals surface area contributed by atoms with E-state index in [1.807, 2.05) is 18.2 Å². The van der Waals surface area contributed by atoms with Gasteiger partial charge in [0.15, 0.2) is 6.61 Å². The number of nitrogens with one attached hydrogen (secondary N) is 2. The minimum atomic E-state index is -3.80. The predicted molar refractivity (Wildman–Crippen MR) is 134 cm³/mol. The van der Waals surface area contributed by atoms with Crippen molar-refractivity contribution in [1.29, 1.82) is 0 Å². The molecule has 2 atom stereocenters. The van der Waals surface area contributed by atoms with Crippen molar-refractivity contribution < 1.29 is 27.5 Å². The Bertz CT molecular complexity index is 1230. The Kier molecular flexibility index (Phi) is 7.93. The maximum atomic E-state index is 13.2. The number of para-hydroxylation sites is 1. The SMILES string of the molecule is C[C@H]1CCCC[C@H]1NC(=O)NC(=O)COC(=O)c1ccc(S(=O)(=O)N2CCCc3ccccc32)cc1. The molecule has 2 aromatic carbocycles. The van der Waals surface area contributed by atoms with Gasteiger partial charge in [-0.3, -0.25) is 14.4 Å². The van der Waals surface area contributed by atoms with Crippen LogP contribution in [0.25, 0.3) is 0 Å². The second-order valence-electron chi connectivity index (χ2n) is 9.30. The molecule has 2 aromatic rings. The number of rotatable bonds is 6. The number of nitrogens with zero attached hydrogens (tertiary/aromatic N) is 1. The maximum absolute atomic E-state index is 13.2. The zero-order valence-corrected chi connectivity index (χ0v) is 21.1. The summed E-state index contributed by atoms with van der Waals surface area (Å²) < 4.78 is 32.9. The number of amides is 3. The summed E-state index contributed by atoms with van der Waals surface area (Å²) in [6, 6.07) is 12.2. The first-order chi connectivity index (χ1) is 17.3. The van der Waals surface area contributed by atoms with Crippen molar-refractivity contribution in [2.45, 2.75) is 56.4 Å². The predicted octanol–water partition coefficient (Wildman–Crippen LogP) is 3.39.